The minimum atomic E-state index is -3.98. The zero-order valence-corrected chi connectivity index (χ0v) is 11.9. The number of benzene rings is 2. The number of nitriles is 1. The number of hydrogen-bond acceptors (Lipinski definition) is 4. The highest BCUT2D eigenvalue weighted by molar-refractivity contribution is 7.93. The summed E-state index contributed by atoms with van der Waals surface area (Å²) in [6.07, 6.45) is 0. The smallest absolute Gasteiger partial charge is 0.266 e. The fourth-order valence-corrected chi connectivity index (χ4v) is 3.09. The number of nitrogens with zero attached hydrogens (tertiary/aromatic N) is 2. The van der Waals surface area contributed by atoms with Crippen LogP contribution in [0.4, 0.5) is 15.8 Å². The van der Waals surface area contributed by atoms with Gasteiger partial charge in [-0.15, -0.1) is 0 Å². The summed E-state index contributed by atoms with van der Waals surface area (Å²) >= 11 is 0. The molecular weight excluding hydrogens is 293 g/mol. The molecule has 0 aliphatic heterocycles. The van der Waals surface area contributed by atoms with Crippen molar-refractivity contribution in [2.75, 3.05) is 17.1 Å². The Hall–Kier alpha value is -2.59. The zero-order chi connectivity index (χ0) is 15.6. The van der Waals surface area contributed by atoms with Gasteiger partial charge in [0.05, 0.1) is 23.0 Å². The van der Waals surface area contributed by atoms with Gasteiger partial charge >= 0.3 is 0 Å². The van der Waals surface area contributed by atoms with E-state index in [0.29, 0.717) is 11.3 Å². The van der Waals surface area contributed by atoms with E-state index in [1.165, 1.54) is 43.4 Å². The lowest BCUT2D eigenvalue weighted by atomic mass is 10.2. The molecule has 0 bridgehead atoms. The van der Waals surface area contributed by atoms with Crippen LogP contribution in [0.15, 0.2) is 47.4 Å². The van der Waals surface area contributed by atoms with E-state index in [0.717, 1.165) is 10.4 Å². The van der Waals surface area contributed by atoms with E-state index in [1.54, 1.807) is 0 Å². The van der Waals surface area contributed by atoms with Crippen LogP contribution in [0.3, 0.4) is 0 Å². The van der Waals surface area contributed by atoms with Crippen LogP contribution in [-0.2, 0) is 10.0 Å². The lowest BCUT2D eigenvalue weighted by Gasteiger charge is -2.20. The average Bonchev–Trinajstić information content (AvgIpc) is 2.49. The van der Waals surface area contributed by atoms with Gasteiger partial charge in [-0.05, 0) is 36.4 Å². The maximum Gasteiger partial charge on any atom is 0.266 e. The number of nitrogens with two attached hydrogens (primary N) is 1. The first-order chi connectivity index (χ1) is 9.87. The molecule has 0 radical (unpaired) electrons. The largest absolute Gasteiger partial charge is 0.395 e. The molecule has 2 rings (SSSR count). The molecule has 21 heavy (non-hydrogen) atoms. The molecule has 0 amide bonds. The van der Waals surface area contributed by atoms with Crippen molar-refractivity contribution >= 4 is 21.4 Å². The first kappa shape index (κ1) is 14.8. The summed E-state index contributed by atoms with van der Waals surface area (Å²) < 4.78 is 39.4. The first-order valence-electron chi connectivity index (χ1n) is 5.91. The Labute approximate surface area is 122 Å². The van der Waals surface area contributed by atoms with Gasteiger partial charge in [0.25, 0.3) is 10.0 Å². The third kappa shape index (κ3) is 2.66. The van der Waals surface area contributed by atoms with Gasteiger partial charge in [-0.1, -0.05) is 6.07 Å². The Balaban J connectivity index is 2.47. The number of nitrogen functional groups attached to an aromatic ring is 1. The molecule has 0 saturated carbocycles. The van der Waals surface area contributed by atoms with Crippen LogP contribution in [0.2, 0.25) is 0 Å². The number of sulfonamides is 1. The summed E-state index contributed by atoms with van der Waals surface area (Å²) in [4.78, 5) is -0.297. The van der Waals surface area contributed by atoms with Gasteiger partial charge in [0.1, 0.15) is 10.7 Å². The summed E-state index contributed by atoms with van der Waals surface area (Å²) in [5.41, 5.74) is 5.84. The van der Waals surface area contributed by atoms with Crippen LogP contribution >= 0.6 is 0 Å². The summed E-state index contributed by atoms with van der Waals surface area (Å²) in [6.45, 7) is 0. The third-order valence-corrected chi connectivity index (χ3v) is 4.86. The molecule has 0 heterocycles. The van der Waals surface area contributed by atoms with Gasteiger partial charge in [0.2, 0.25) is 0 Å². The molecule has 0 atom stereocenters. The van der Waals surface area contributed by atoms with E-state index < -0.39 is 21.5 Å². The maximum atomic E-state index is 13.4. The molecule has 7 heteroatoms. The lowest BCUT2D eigenvalue weighted by Crippen LogP contribution is -2.27. The van der Waals surface area contributed by atoms with Crippen LogP contribution in [-0.4, -0.2) is 15.5 Å². The highest BCUT2D eigenvalue weighted by Gasteiger charge is 2.25. The Morgan fingerprint density at radius 2 is 1.81 bits per heavy atom. The second-order valence-corrected chi connectivity index (χ2v) is 6.22. The van der Waals surface area contributed by atoms with Crippen LogP contribution in [0.1, 0.15) is 5.56 Å². The van der Waals surface area contributed by atoms with Crippen molar-refractivity contribution < 1.29 is 12.8 Å². The van der Waals surface area contributed by atoms with Crippen molar-refractivity contribution in [2.45, 2.75) is 4.90 Å². The fourth-order valence-electron chi connectivity index (χ4n) is 1.77. The van der Waals surface area contributed by atoms with Gasteiger partial charge in [-0.25, -0.2) is 12.8 Å². The molecule has 0 fully saturated rings. The monoisotopic (exact) mass is 305 g/mol. The van der Waals surface area contributed by atoms with Crippen molar-refractivity contribution in [1.82, 2.24) is 0 Å². The fraction of sp³-hybridized carbons (Fsp3) is 0.0714. The molecule has 108 valence electrons. The number of rotatable bonds is 3. The van der Waals surface area contributed by atoms with Crippen molar-refractivity contribution in [3.8, 4) is 6.07 Å². The minimum Gasteiger partial charge on any atom is -0.395 e. The normalized spacial score (nSPS) is 10.9. The summed E-state index contributed by atoms with van der Waals surface area (Å²) in [5.74, 6) is -0.788. The van der Waals surface area contributed by atoms with E-state index in [1.807, 2.05) is 6.07 Å². The first-order valence-corrected chi connectivity index (χ1v) is 7.35. The minimum absolute atomic E-state index is 0.297. The topological polar surface area (TPSA) is 87.2 Å². The average molecular weight is 305 g/mol. The molecule has 0 aliphatic carbocycles. The van der Waals surface area contributed by atoms with Gasteiger partial charge in [0.15, 0.2) is 0 Å². The van der Waals surface area contributed by atoms with Crippen molar-refractivity contribution in [3.05, 3.63) is 53.8 Å². The third-order valence-electron chi connectivity index (χ3n) is 3.01. The van der Waals surface area contributed by atoms with E-state index in [9.17, 15) is 12.8 Å². The number of hydrogen-bond donors (Lipinski definition) is 1. The predicted octanol–water partition coefficient (Wildman–Crippen LogP) is 2.10. The van der Waals surface area contributed by atoms with E-state index in [2.05, 4.69) is 0 Å². The second kappa shape index (κ2) is 5.42. The molecule has 0 aliphatic rings. The van der Waals surface area contributed by atoms with E-state index in [-0.39, 0.29) is 4.90 Å². The van der Waals surface area contributed by atoms with Crippen LogP contribution in [0, 0.1) is 17.1 Å². The van der Waals surface area contributed by atoms with Gasteiger partial charge in [-0.2, -0.15) is 5.26 Å². The number of anilines is 2. The van der Waals surface area contributed by atoms with Crippen molar-refractivity contribution in [1.29, 1.82) is 5.26 Å². The van der Waals surface area contributed by atoms with E-state index >= 15 is 0 Å². The number of para-hydroxylation sites is 1. The molecule has 0 unspecified atom stereocenters. The Morgan fingerprint density at radius 3 is 2.38 bits per heavy atom. The SMILES string of the molecule is CN(c1ccc(C#N)cc1)S(=O)(=O)c1cccc(F)c1N. The molecule has 2 aromatic carbocycles. The number of halogens is 1. The highest BCUT2D eigenvalue weighted by atomic mass is 32.2. The molecule has 2 N–H and O–H groups in total. The quantitative estimate of drug-likeness (QED) is 0.880. The van der Waals surface area contributed by atoms with Crippen LogP contribution in [0.5, 0.6) is 0 Å². The van der Waals surface area contributed by atoms with Gasteiger partial charge in [0, 0.05) is 7.05 Å². The Morgan fingerprint density at radius 1 is 1.19 bits per heavy atom. The summed E-state index contributed by atoms with van der Waals surface area (Å²) in [6, 6.07) is 11.5. The van der Waals surface area contributed by atoms with Gasteiger partial charge in [-0.3, -0.25) is 4.31 Å². The predicted molar refractivity (Wildman–Crippen MR) is 77.6 cm³/mol. The Bertz CT molecular complexity index is 811. The zero-order valence-electron chi connectivity index (χ0n) is 11.1. The molecular formula is C14H12FN3O2S. The molecule has 5 nitrogen and oxygen atoms in total. The highest BCUT2D eigenvalue weighted by Crippen LogP contribution is 2.27. The molecule has 0 saturated heterocycles. The maximum absolute atomic E-state index is 13.4. The standard InChI is InChI=1S/C14H12FN3O2S/c1-18(11-7-5-10(9-16)6-8-11)21(19,20)13-4-2-3-12(15)14(13)17/h2-8H,17H2,1H3. The lowest BCUT2D eigenvalue weighted by molar-refractivity contribution is 0.591. The van der Waals surface area contributed by atoms with Crippen LogP contribution in [0.25, 0.3) is 0 Å². The van der Waals surface area contributed by atoms with Crippen LogP contribution < -0.4 is 10.0 Å². The van der Waals surface area contributed by atoms with Crippen molar-refractivity contribution in [3.63, 3.8) is 0 Å². The Kier molecular flexibility index (Phi) is 3.82. The summed E-state index contributed by atoms with van der Waals surface area (Å²) in [7, 11) is -2.64. The summed E-state index contributed by atoms with van der Waals surface area (Å²) in [5, 5.41) is 8.73. The molecule has 2 aromatic rings. The van der Waals surface area contributed by atoms with E-state index in [4.69, 9.17) is 11.0 Å². The molecule has 0 aromatic heterocycles. The second-order valence-electron chi connectivity index (χ2n) is 4.28. The van der Waals surface area contributed by atoms with Crippen molar-refractivity contribution in [2.24, 2.45) is 0 Å². The van der Waals surface area contributed by atoms with Gasteiger partial charge < -0.3 is 5.73 Å². The molecule has 0 spiro atoms.